The van der Waals surface area contributed by atoms with Crippen molar-refractivity contribution in [3.63, 3.8) is 0 Å². The number of hydrogen-bond donors (Lipinski definition) is 3. The van der Waals surface area contributed by atoms with Gasteiger partial charge in [-0.3, -0.25) is 0 Å². The molecule has 1 saturated carbocycles. The minimum atomic E-state index is 0.207. The fourth-order valence-electron chi connectivity index (χ4n) is 1.35. The predicted octanol–water partition coefficient (Wildman–Crippen LogP) is -0.343. The highest BCUT2D eigenvalue weighted by Crippen LogP contribution is 2.29. The molecule has 1 aromatic rings. The van der Waals surface area contributed by atoms with Crippen LogP contribution >= 0.6 is 0 Å². The van der Waals surface area contributed by atoms with E-state index in [1.807, 2.05) is 0 Å². The molecule has 1 aromatic heterocycles. The number of hydrazine groups is 1. The topological polar surface area (TPSA) is 111 Å². The van der Waals surface area contributed by atoms with Gasteiger partial charge in [-0.05, 0) is 25.7 Å². The second-order valence-corrected chi connectivity index (χ2v) is 4.02. The lowest BCUT2D eigenvalue weighted by atomic mass is 10.3. The summed E-state index contributed by atoms with van der Waals surface area (Å²) in [5.41, 5.74) is 8.41. The maximum atomic E-state index is 5.73. The van der Waals surface area contributed by atoms with Gasteiger partial charge in [-0.2, -0.15) is 4.98 Å². The smallest absolute Gasteiger partial charge is 0.227 e. The average molecular weight is 236 g/mol. The largest absolute Gasteiger partial charge is 0.477 e. The Kier molecular flexibility index (Phi) is 3.38. The second kappa shape index (κ2) is 4.96. The van der Waals surface area contributed by atoms with E-state index in [2.05, 4.69) is 20.6 Å². The zero-order valence-corrected chi connectivity index (χ0v) is 9.68. The Morgan fingerprint density at radius 1 is 1.65 bits per heavy atom. The first-order chi connectivity index (χ1) is 8.20. The van der Waals surface area contributed by atoms with Crippen molar-refractivity contribution >= 4 is 5.84 Å². The number of ether oxygens (including phenoxy) is 1. The van der Waals surface area contributed by atoms with Gasteiger partial charge in [0.2, 0.25) is 5.88 Å². The molecule has 0 spiro atoms. The van der Waals surface area contributed by atoms with E-state index >= 15 is 0 Å². The Bertz CT molecular complexity index is 429. The van der Waals surface area contributed by atoms with Crippen molar-refractivity contribution in [1.29, 1.82) is 0 Å². The van der Waals surface area contributed by atoms with Crippen LogP contribution in [0.15, 0.2) is 11.3 Å². The summed E-state index contributed by atoms with van der Waals surface area (Å²) in [6, 6.07) is 0. The number of aryl methyl sites for hydroxylation is 1. The van der Waals surface area contributed by atoms with Gasteiger partial charge < -0.3 is 10.5 Å². The highest BCUT2D eigenvalue weighted by Gasteiger charge is 2.23. The fourth-order valence-corrected chi connectivity index (χ4v) is 1.35. The molecule has 0 bridgehead atoms. The van der Waals surface area contributed by atoms with Crippen molar-refractivity contribution < 1.29 is 4.74 Å². The van der Waals surface area contributed by atoms with E-state index in [0.717, 1.165) is 0 Å². The Morgan fingerprint density at radius 2 is 2.41 bits per heavy atom. The summed E-state index contributed by atoms with van der Waals surface area (Å²) >= 11 is 0. The summed E-state index contributed by atoms with van der Waals surface area (Å²) in [5, 5.41) is 3.69. The monoisotopic (exact) mass is 236 g/mol. The number of nitrogens with one attached hydrogen (secondary N) is 1. The van der Waals surface area contributed by atoms with Gasteiger partial charge in [0.25, 0.3) is 0 Å². The van der Waals surface area contributed by atoms with Crippen molar-refractivity contribution in [3.05, 3.63) is 17.6 Å². The number of aromatic nitrogens is 2. The molecule has 1 aliphatic rings. The van der Waals surface area contributed by atoms with Gasteiger partial charge in [0.05, 0.1) is 12.2 Å². The molecular formula is C10H16N6O. The summed E-state index contributed by atoms with van der Waals surface area (Å²) in [6.45, 7) is 2.45. The third kappa shape index (κ3) is 3.04. The molecule has 1 heterocycles. The number of hydrazone groups is 1. The molecule has 0 aliphatic heterocycles. The highest BCUT2D eigenvalue weighted by atomic mass is 16.5. The van der Waals surface area contributed by atoms with E-state index in [1.54, 1.807) is 13.1 Å². The Hall–Kier alpha value is -1.89. The van der Waals surface area contributed by atoms with E-state index in [4.69, 9.17) is 16.3 Å². The van der Waals surface area contributed by atoms with Crippen molar-refractivity contribution in [1.82, 2.24) is 15.5 Å². The molecule has 7 nitrogen and oxygen atoms in total. The molecule has 0 atom stereocenters. The Morgan fingerprint density at radius 3 is 3.06 bits per heavy atom. The minimum absolute atomic E-state index is 0.207. The number of hydrogen-bond acceptors (Lipinski definition) is 6. The van der Waals surface area contributed by atoms with E-state index < -0.39 is 0 Å². The van der Waals surface area contributed by atoms with Crippen LogP contribution in [0.2, 0.25) is 0 Å². The normalized spacial score (nSPS) is 15.8. The first-order valence-electron chi connectivity index (χ1n) is 5.46. The van der Waals surface area contributed by atoms with Crippen LogP contribution in [0.25, 0.3) is 0 Å². The molecule has 2 rings (SSSR count). The van der Waals surface area contributed by atoms with Crippen LogP contribution in [0.3, 0.4) is 0 Å². The van der Waals surface area contributed by atoms with Crippen LogP contribution in [-0.4, -0.2) is 22.4 Å². The molecule has 1 aliphatic carbocycles. The number of nitrogens with two attached hydrogens (primary N) is 2. The maximum Gasteiger partial charge on any atom is 0.227 e. The third-order valence-corrected chi connectivity index (χ3v) is 2.49. The summed E-state index contributed by atoms with van der Waals surface area (Å²) in [7, 11) is 0. The van der Waals surface area contributed by atoms with Crippen LogP contribution in [0.1, 0.15) is 24.2 Å². The van der Waals surface area contributed by atoms with E-state index in [1.165, 1.54) is 12.8 Å². The van der Waals surface area contributed by atoms with Crippen LogP contribution in [0.4, 0.5) is 0 Å². The summed E-state index contributed by atoms with van der Waals surface area (Å²) in [4.78, 5) is 8.28. The lowest BCUT2D eigenvalue weighted by molar-refractivity contribution is 0.286. The average Bonchev–Trinajstić information content (AvgIpc) is 3.10. The number of rotatable bonds is 5. The molecule has 0 aromatic carbocycles. The number of amidine groups is 1. The van der Waals surface area contributed by atoms with Crippen LogP contribution < -0.4 is 21.8 Å². The summed E-state index contributed by atoms with van der Waals surface area (Å²) in [6.07, 6.45) is 4.02. The molecule has 0 saturated heterocycles. The molecular weight excluding hydrogens is 220 g/mol. The van der Waals surface area contributed by atoms with Crippen LogP contribution in [0.5, 0.6) is 5.88 Å². The van der Waals surface area contributed by atoms with Crippen molar-refractivity contribution in [2.24, 2.45) is 22.6 Å². The highest BCUT2D eigenvalue weighted by molar-refractivity contribution is 5.99. The van der Waals surface area contributed by atoms with Gasteiger partial charge in [-0.1, -0.05) is 0 Å². The Labute approximate surface area is 99.2 Å². The van der Waals surface area contributed by atoms with E-state index in [0.29, 0.717) is 29.8 Å². The lowest BCUT2D eigenvalue weighted by Gasteiger charge is -2.09. The fraction of sp³-hybridized carbons (Fsp3) is 0.500. The molecule has 5 N–H and O–H groups in total. The second-order valence-electron chi connectivity index (χ2n) is 4.02. The van der Waals surface area contributed by atoms with Crippen molar-refractivity contribution in [2.45, 2.75) is 19.8 Å². The van der Waals surface area contributed by atoms with Gasteiger partial charge in [-0.25, -0.2) is 16.4 Å². The van der Waals surface area contributed by atoms with Gasteiger partial charge >= 0.3 is 0 Å². The molecule has 1 fully saturated rings. The predicted molar refractivity (Wildman–Crippen MR) is 63.0 cm³/mol. The van der Waals surface area contributed by atoms with Gasteiger partial charge in [0.15, 0.2) is 5.84 Å². The van der Waals surface area contributed by atoms with Crippen LogP contribution in [-0.2, 0) is 0 Å². The molecule has 0 amide bonds. The number of nitrogens with zero attached hydrogens (tertiary/aromatic N) is 3. The zero-order chi connectivity index (χ0) is 12.3. The maximum absolute atomic E-state index is 5.73. The molecule has 0 radical (unpaired) electrons. The standard InChI is InChI=1S/C10H16N6O/c1-6-13-4-8(9(11)15-16-12)10(14-6)17-5-7-2-3-7/h4,7,16H,2-3,5,12H2,1H3,(H2,11,15). The first kappa shape index (κ1) is 11.6. The molecule has 0 unspecified atom stereocenters. The molecule has 7 heteroatoms. The van der Waals surface area contributed by atoms with Crippen molar-refractivity contribution in [2.75, 3.05) is 6.61 Å². The first-order valence-corrected chi connectivity index (χ1v) is 5.46. The molecule has 92 valence electrons. The lowest BCUT2D eigenvalue weighted by Crippen LogP contribution is -2.24. The van der Waals surface area contributed by atoms with Gasteiger partial charge in [0, 0.05) is 6.20 Å². The summed E-state index contributed by atoms with van der Waals surface area (Å²) < 4.78 is 5.63. The van der Waals surface area contributed by atoms with Gasteiger partial charge in [-0.15, -0.1) is 5.10 Å². The van der Waals surface area contributed by atoms with Crippen LogP contribution in [0, 0.1) is 12.8 Å². The summed E-state index contributed by atoms with van der Waals surface area (Å²) in [5.74, 6) is 7.02. The quantitative estimate of drug-likeness (QED) is 0.279. The zero-order valence-electron chi connectivity index (χ0n) is 9.68. The molecule has 17 heavy (non-hydrogen) atoms. The Balaban J connectivity index is 2.19. The van der Waals surface area contributed by atoms with E-state index in [9.17, 15) is 0 Å². The third-order valence-electron chi connectivity index (χ3n) is 2.49. The minimum Gasteiger partial charge on any atom is -0.477 e. The SMILES string of the molecule is Cc1ncc(/C(N)=N/NN)c(OCC2CC2)n1. The van der Waals surface area contributed by atoms with Crippen molar-refractivity contribution in [3.8, 4) is 5.88 Å². The van der Waals surface area contributed by atoms with E-state index in [-0.39, 0.29) is 5.84 Å². The van der Waals surface area contributed by atoms with Gasteiger partial charge in [0.1, 0.15) is 5.82 Å².